The van der Waals surface area contributed by atoms with Crippen molar-refractivity contribution in [3.05, 3.63) is 93.6 Å². The van der Waals surface area contributed by atoms with E-state index in [0.717, 1.165) is 23.3 Å². The van der Waals surface area contributed by atoms with Crippen LogP contribution in [0.4, 0.5) is 13.2 Å². The van der Waals surface area contributed by atoms with Crippen molar-refractivity contribution in [3.8, 4) is 0 Å². The van der Waals surface area contributed by atoms with Gasteiger partial charge in [0.15, 0.2) is 0 Å². The second kappa shape index (κ2) is 9.82. The molecule has 5 rings (SSSR count). The van der Waals surface area contributed by atoms with Crippen LogP contribution in [0.3, 0.4) is 0 Å². The molecule has 2 amide bonds. The number of carboxylic acids is 1. The lowest BCUT2D eigenvalue weighted by molar-refractivity contribution is -0.137. The number of carbonyl (C=O) groups is 3. The summed E-state index contributed by atoms with van der Waals surface area (Å²) in [4.78, 5) is 45.7. The van der Waals surface area contributed by atoms with Gasteiger partial charge in [0.2, 0.25) is 0 Å². The number of aromatic nitrogens is 4. The van der Waals surface area contributed by atoms with E-state index in [-0.39, 0.29) is 40.9 Å². The van der Waals surface area contributed by atoms with Crippen molar-refractivity contribution in [1.29, 1.82) is 0 Å². The van der Waals surface area contributed by atoms with Gasteiger partial charge in [-0.15, -0.1) is 0 Å². The van der Waals surface area contributed by atoms with Gasteiger partial charge in [0, 0.05) is 12.6 Å². The average Bonchev–Trinajstić information content (AvgIpc) is 3.54. The maximum Gasteiger partial charge on any atom is 0.416 e. The first-order valence-electron chi connectivity index (χ1n) is 11.8. The van der Waals surface area contributed by atoms with E-state index < -0.39 is 29.5 Å². The van der Waals surface area contributed by atoms with Crippen molar-refractivity contribution < 1.29 is 32.7 Å². The number of rotatable bonds is 6. The van der Waals surface area contributed by atoms with Gasteiger partial charge < -0.3 is 15.7 Å². The number of nitrogens with zero attached hydrogens (tertiary/aromatic N) is 4. The highest BCUT2D eigenvalue weighted by Crippen LogP contribution is 2.35. The topological polar surface area (TPSA) is 139 Å². The lowest BCUT2D eigenvalue weighted by atomic mass is 9.98. The van der Waals surface area contributed by atoms with Crippen LogP contribution < -0.4 is 10.6 Å². The molecule has 13 heteroatoms. The summed E-state index contributed by atoms with van der Waals surface area (Å²) in [5, 5.41) is 18.8. The van der Waals surface area contributed by atoms with E-state index in [1.54, 1.807) is 13.0 Å². The lowest BCUT2D eigenvalue weighted by Gasteiger charge is -2.16. The van der Waals surface area contributed by atoms with Gasteiger partial charge in [-0.3, -0.25) is 9.59 Å². The summed E-state index contributed by atoms with van der Waals surface area (Å²) >= 11 is 0. The van der Waals surface area contributed by atoms with Crippen LogP contribution in [-0.2, 0) is 19.1 Å². The van der Waals surface area contributed by atoms with Gasteiger partial charge in [0.25, 0.3) is 17.6 Å². The highest BCUT2D eigenvalue weighted by atomic mass is 19.4. The summed E-state index contributed by atoms with van der Waals surface area (Å²) in [6, 6.07) is 8.61. The number of amides is 2. The zero-order valence-electron chi connectivity index (χ0n) is 20.4. The number of carbonyl (C=O) groups excluding carboxylic acids is 2. The number of aromatic carboxylic acids is 1. The first kappa shape index (κ1) is 25.8. The third-order valence-corrected chi connectivity index (χ3v) is 6.65. The fourth-order valence-electron chi connectivity index (χ4n) is 4.71. The van der Waals surface area contributed by atoms with E-state index in [1.165, 1.54) is 35.1 Å². The third kappa shape index (κ3) is 5.02. The molecule has 0 aliphatic heterocycles. The number of alkyl halides is 3. The molecule has 0 bridgehead atoms. The Labute approximate surface area is 218 Å². The lowest BCUT2D eigenvalue weighted by Crippen LogP contribution is -2.30. The molecule has 1 atom stereocenters. The molecule has 0 fully saturated rings. The van der Waals surface area contributed by atoms with E-state index in [4.69, 9.17) is 0 Å². The van der Waals surface area contributed by atoms with Crippen molar-refractivity contribution in [2.75, 3.05) is 0 Å². The minimum Gasteiger partial charge on any atom is -0.478 e. The van der Waals surface area contributed by atoms with Crippen molar-refractivity contribution in [2.45, 2.75) is 38.5 Å². The molecule has 0 saturated heterocycles. The van der Waals surface area contributed by atoms with Crippen LogP contribution in [0.25, 0.3) is 5.78 Å². The highest BCUT2D eigenvalue weighted by molar-refractivity contribution is 5.98. The fraction of sp³-hybridized carbons (Fsp3) is 0.231. The standard InChI is InChI=1S/C26H21F3N6O4/c1-13-16-7-8-19(18(16)6-5-17(13)24(38)39)33-23(37)21-10-20(34-25-31-12-32-35(21)25)22(36)30-11-14-3-2-4-15(9-14)26(27,28)29/h2-6,9-10,12,19H,7-8,11H2,1H3,(H,30,36)(H,33,37)(H,38,39)/t19-/m0/s1. The zero-order valence-corrected chi connectivity index (χ0v) is 20.4. The first-order valence-corrected chi connectivity index (χ1v) is 11.8. The van der Waals surface area contributed by atoms with Crippen molar-refractivity contribution in [3.63, 3.8) is 0 Å². The number of nitrogens with one attached hydrogen (secondary N) is 2. The maximum absolute atomic E-state index is 13.3. The minimum atomic E-state index is -4.51. The molecule has 1 aliphatic rings. The minimum absolute atomic E-state index is 0.0133. The fourth-order valence-corrected chi connectivity index (χ4v) is 4.71. The molecule has 0 saturated carbocycles. The van der Waals surface area contributed by atoms with Crippen LogP contribution in [0.1, 0.15) is 71.6 Å². The van der Waals surface area contributed by atoms with Crippen LogP contribution in [0.5, 0.6) is 0 Å². The summed E-state index contributed by atoms with van der Waals surface area (Å²) in [7, 11) is 0. The molecule has 0 spiro atoms. The second-order valence-electron chi connectivity index (χ2n) is 9.06. The summed E-state index contributed by atoms with van der Waals surface area (Å²) in [5.74, 6) is -2.31. The van der Waals surface area contributed by atoms with Crippen molar-refractivity contribution in [1.82, 2.24) is 30.2 Å². The quantitative estimate of drug-likeness (QED) is 0.342. The van der Waals surface area contributed by atoms with Crippen LogP contribution in [-0.4, -0.2) is 42.5 Å². The van der Waals surface area contributed by atoms with Crippen LogP contribution in [0.2, 0.25) is 0 Å². The molecule has 10 nitrogen and oxygen atoms in total. The molecule has 200 valence electrons. The average molecular weight is 538 g/mol. The van der Waals surface area contributed by atoms with Crippen LogP contribution >= 0.6 is 0 Å². The monoisotopic (exact) mass is 538 g/mol. The predicted octanol–water partition coefficient (Wildman–Crippen LogP) is 3.50. The molecule has 2 heterocycles. The molecule has 3 N–H and O–H groups in total. The van der Waals surface area contributed by atoms with Gasteiger partial charge in [0.05, 0.1) is 17.2 Å². The van der Waals surface area contributed by atoms with Crippen LogP contribution in [0, 0.1) is 6.92 Å². The number of carboxylic acid groups (broad SMARTS) is 1. The second-order valence-corrected chi connectivity index (χ2v) is 9.06. The van der Waals surface area contributed by atoms with E-state index in [1.807, 2.05) is 0 Å². The normalized spacial score (nSPS) is 14.7. The maximum atomic E-state index is 13.3. The van der Waals surface area contributed by atoms with Gasteiger partial charge in [-0.25, -0.2) is 9.78 Å². The Morgan fingerprint density at radius 2 is 1.92 bits per heavy atom. The van der Waals surface area contributed by atoms with E-state index >= 15 is 0 Å². The molecule has 2 aromatic heterocycles. The zero-order chi connectivity index (χ0) is 27.9. The molecular weight excluding hydrogens is 517 g/mol. The molecule has 0 unspecified atom stereocenters. The first-order chi connectivity index (χ1) is 18.5. The molecule has 39 heavy (non-hydrogen) atoms. The Balaban J connectivity index is 1.36. The van der Waals surface area contributed by atoms with Crippen molar-refractivity contribution in [2.24, 2.45) is 0 Å². The number of fused-ring (bicyclic) bond motifs is 2. The molecule has 0 radical (unpaired) electrons. The van der Waals surface area contributed by atoms with E-state index in [9.17, 15) is 32.7 Å². The Bertz CT molecular complexity index is 1630. The molecule has 1 aliphatic carbocycles. The summed E-state index contributed by atoms with van der Waals surface area (Å²) < 4.78 is 40.2. The number of halogens is 3. The highest BCUT2D eigenvalue weighted by Gasteiger charge is 2.31. The predicted molar refractivity (Wildman–Crippen MR) is 130 cm³/mol. The van der Waals surface area contributed by atoms with E-state index in [0.29, 0.717) is 18.4 Å². The Kier molecular flexibility index (Phi) is 6.50. The van der Waals surface area contributed by atoms with Crippen LogP contribution in [0.15, 0.2) is 48.8 Å². The number of benzene rings is 2. The Morgan fingerprint density at radius 1 is 1.13 bits per heavy atom. The summed E-state index contributed by atoms with van der Waals surface area (Å²) in [6.07, 6.45) is -2.20. The van der Waals surface area contributed by atoms with Gasteiger partial charge in [-0.05, 0) is 60.2 Å². The third-order valence-electron chi connectivity index (χ3n) is 6.65. The van der Waals surface area contributed by atoms with Gasteiger partial charge >= 0.3 is 12.1 Å². The molecule has 4 aromatic rings. The number of hydrogen-bond acceptors (Lipinski definition) is 6. The summed E-state index contributed by atoms with van der Waals surface area (Å²) in [5.41, 5.74) is 1.76. The van der Waals surface area contributed by atoms with Gasteiger partial charge in [0.1, 0.15) is 17.7 Å². The summed E-state index contributed by atoms with van der Waals surface area (Å²) in [6.45, 7) is 1.54. The largest absolute Gasteiger partial charge is 0.478 e. The van der Waals surface area contributed by atoms with Gasteiger partial charge in [-0.1, -0.05) is 18.2 Å². The molecule has 2 aromatic carbocycles. The Morgan fingerprint density at radius 3 is 2.67 bits per heavy atom. The number of hydrogen-bond donors (Lipinski definition) is 3. The van der Waals surface area contributed by atoms with Gasteiger partial charge in [-0.2, -0.15) is 27.8 Å². The smallest absolute Gasteiger partial charge is 0.416 e. The Hall–Kier alpha value is -4.81. The van der Waals surface area contributed by atoms with E-state index in [2.05, 4.69) is 25.7 Å². The van der Waals surface area contributed by atoms with Crippen molar-refractivity contribution >= 4 is 23.6 Å². The molecular formula is C26H21F3N6O4. The SMILES string of the molecule is Cc1c(C(=O)O)ccc2c1CC[C@@H]2NC(=O)c1cc(C(=O)NCc2cccc(C(F)(F)F)c2)nc2ncnn12.